The molecule has 1 aliphatic heterocycles. The van der Waals surface area contributed by atoms with Crippen molar-refractivity contribution in [1.29, 1.82) is 0 Å². The zero-order valence-corrected chi connectivity index (χ0v) is 17.1. The first-order valence-corrected chi connectivity index (χ1v) is 9.26. The number of rotatable bonds is 1. The summed E-state index contributed by atoms with van der Waals surface area (Å²) in [7, 11) is 0. The Morgan fingerprint density at radius 1 is 1.04 bits per heavy atom. The predicted molar refractivity (Wildman–Crippen MR) is 106 cm³/mol. The smallest absolute Gasteiger partial charge is 0.313 e. The van der Waals surface area contributed by atoms with E-state index in [9.17, 15) is 9.59 Å². The molecule has 0 saturated carbocycles. The minimum absolute atomic E-state index is 0.0250. The standard InChI is InChI=1S/C21H33N3O2/c1-19(2,3)14-8-10-16(11-9-14)23-17(25)18(26)24-20(4,5)12-15(22)13-21(24,6)7/h8-11,15H,12-13,22H2,1-7H3,(H,23,25). The Kier molecular flexibility index (Phi) is 5.26. The summed E-state index contributed by atoms with van der Waals surface area (Å²) >= 11 is 0. The summed E-state index contributed by atoms with van der Waals surface area (Å²) in [4.78, 5) is 27.3. The van der Waals surface area contributed by atoms with E-state index in [2.05, 4.69) is 26.1 Å². The second-order valence-corrected chi connectivity index (χ2v) is 9.72. The van der Waals surface area contributed by atoms with Crippen LogP contribution in [0.1, 0.15) is 66.9 Å². The summed E-state index contributed by atoms with van der Waals surface area (Å²) < 4.78 is 0. The summed E-state index contributed by atoms with van der Waals surface area (Å²) in [5.74, 6) is -1.11. The van der Waals surface area contributed by atoms with Gasteiger partial charge in [0, 0.05) is 22.8 Å². The van der Waals surface area contributed by atoms with Crippen molar-refractivity contribution >= 4 is 17.5 Å². The second-order valence-electron chi connectivity index (χ2n) is 9.72. The van der Waals surface area contributed by atoms with Crippen molar-refractivity contribution < 1.29 is 9.59 Å². The van der Waals surface area contributed by atoms with Gasteiger partial charge in [0.1, 0.15) is 0 Å². The third kappa shape index (κ3) is 4.26. The third-order valence-electron chi connectivity index (χ3n) is 5.14. The zero-order valence-electron chi connectivity index (χ0n) is 17.1. The van der Waals surface area contributed by atoms with E-state index in [1.807, 2.05) is 52.0 Å². The molecule has 1 fully saturated rings. The minimum Gasteiger partial charge on any atom is -0.328 e. The lowest BCUT2D eigenvalue weighted by Crippen LogP contribution is -2.66. The molecule has 5 nitrogen and oxygen atoms in total. The SMILES string of the molecule is CC(C)(C)c1ccc(NC(=O)C(=O)N2C(C)(C)CC(N)CC2(C)C)cc1. The molecule has 0 bridgehead atoms. The lowest BCUT2D eigenvalue weighted by molar-refractivity contribution is -0.156. The van der Waals surface area contributed by atoms with Crippen LogP contribution in [0.4, 0.5) is 5.69 Å². The molecule has 0 radical (unpaired) electrons. The molecule has 1 aromatic carbocycles. The van der Waals surface area contributed by atoms with E-state index in [0.29, 0.717) is 18.5 Å². The van der Waals surface area contributed by atoms with Crippen molar-refractivity contribution in [3.8, 4) is 0 Å². The highest BCUT2D eigenvalue weighted by atomic mass is 16.2. The summed E-state index contributed by atoms with van der Waals surface area (Å²) in [6.07, 6.45) is 1.35. The number of amides is 2. The molecule has 1 heterocycles. The molecule has 3 N–H and O–H groups in total. The number of anilines is 1. The first kappa shape index (κ1) is 20.4. The topological polar surface area (TPSA) is 75.4 Å². The van der Waals surface area contributed by atoms with Crippen molar-refractivity contribution in [1.82, 2.24) is 4.90 Å². The van der Waals surface area contributed by atoms with Gasteiger partial charge in [0.05, 0.1) is 0 Å². The fraction of sp³-hybridized carbons (Fsp3) is 0.619. The van der Waals surface area contributed by atoms with Crippen LogP contribution in [0.5, 0.6) is 0 Å². The molecule has 0 aromatic heterocycles. The van der Waals surface area contributed by atoms with Gasteiger partial charge in [-0.25, -0.2) is 0 Å². The number of nitrogens with one attached hydrogen (secondary N) is 1. The molecule has 1 saturated heterocycles. The monoisotopic (exact) mass is 359 g/mol. The number of hydrogen-bond donors (Lipinski definition) is 2. The lowest BCUT2D eigenvalue weighted by Gasteiger charge is -2.54. The highest BCUT2D eigenvalue weighted by Gasteiger charge is 2.48. The Morgan fingerprint density at radius 2 is 1.50 bits per heavy atom. The highest BCUT2D eigenvalue weighted by Crippen LogP contribution is 2.38. The van der Waals surface area contributed by atoms with Crippen LogP contribution in [-0.4, -0.2) is 33.8 Å². The van der Waals surface area contributed by atoms with Gasteiger partial charge in [-0.05, 0) is 63.6 Å². The van der Waals surface area contributed by atoms with Crippen LogP contribution in [0.2, 0.25) is 0 Å². The summed E-state index contributed by atoms with van der Waals surface area (Å²) in [5, 5.41) is 2.74. The van der Waals surface area contributed by atoms with E-state index in [-0.39, 0.29) is 11.5 Å². The average Bonchev–Trinajstić information content (AvgIpc) is 2.43. The van der Waals surface area contributed by atoms with Gasteiger partial charge in [-0.15, -0.1) is 0 Å². The maximum absolute atomic E-state index is 12.9. The molecule has 2 amide bonds. The van der Waals surface area contributed by atoms with E-state index >= 15 is 0 Å². The van der Waals surface area contributed by atoms with Gasteiger partial charge in [-0.2, -0.15) is 0 Å². The average molecular weight is 360 g/mol. The maximum atomic E-state index is 12.9. The Morgan fingerprint density at radius 3 is 1.92 bits per heavy atom. The van der Waals surface area contributed by atoms with Crippen LogP contribution in [0.25, 0.3) is 0 Å². The molecule has 2 rings (SSSR count). The molecule has 0 atom stereocenters. The number of hydrogen-bond acceptors (Lipinski definition) is 3. The maximum Gasteiger partial charge on any atom is 0.313 e. The number of carbonyl (C=O) groups excluding carboxylic acids is 2. The number of likely N-dealkylation sites (tertiary alicyclic amines) is 1. The number of carbonyl (C=O) groups is 2. The van der Waals surface area contributed by atoms with E-state index in [4.69, 9.17) is 5.73 Å². The van der Waals surface area contributed by atoms with Crippen LogP contribution in [0.3, 0.4) is 0 Å². The van der Waals surface area contributed by atoms with Crippen molar-refractivity contribution in [3.63, 3.8) is 0 Å². The lowest BCUT2D eigenvalue weighted by atomic mass is 9.77. The van der Waals surface area contributed by atoms with Gasteiger partial charge < -0.3 is 16.0 Å². The number of benzene rings is 1. The molecular weight excluding hydrogens is 326 g/mol. The number of nitrogens with zero attached hydrogens (tertiary/aromatic N) is 1. The van der Waals surface area contributed by atoms with Crippen molar-refractivity contribution in [2.75, 3.05) is 5.32 Å². The highest BCUT2D eigenvalue weighted by molar-refractivity contribution is 6.39. The van der Waals surface area contributed by atoms with Crippen LogP contribution in [0.15, 0.2) is 24.3 Å². The van der Waals surface area contributed by atoms with Crippen molar-refractivity contribution in [2.45, 2.75) is 83.8 Å². The fourth-order valence-corrected chi connectivity index (χ4v) is 4.25. The molecule has 0 unspecified atom stereocenters. The predicted octanol–water partition coefficient (Wildman–Crippen LogP) is 3.43. The van der Waals surface area contributed by atoms with Gasteiger partial charge in [0.2, 0.25) is 0 Å². The third-order valence-corrected chi connectivity index (χ3v) is 5.14. The van der Waals surface area contributed by atoms with E-state index in [0.717, 1.165) is 0 Å². The Labute approximate surface area is 157 Å². The molecule has 0 spiro atoms. The molecule has 1 aromatic rings. The van der Waals surface area contributed by atoms with Crippen molar-refractivity contribution in [2.24, 2.45) is 5.73 Å². The van der Waals surface area contributed by atoms with Crippen LogP contribution < -0.4 is 11.1 Å². The fourth-order valence-electron chi connectivity index (χ4n) is 4.25. The Balaban J connectivity index is 2.17. The molecule has 26 heavy (non-hydrogen) atoms. The van der Waals surface area contributed by atoms with Crippen LogP contribution >= 0.6 is 0 Å². The van der Waals surface area contributed by atoms with Gasteiger partial charge in [-0.3, -0.25) is 9.59 Å². The molecule has 0 aliphatic carbocycles. The van der Waals surface area contributed by atoms with Gasteiger partial charge in [0.25, 0.3) is 0 Å². The molecule has 144 valence electrons. The summed E-state index contributed by atoms with van der Waals surface area (Å²) in [5.41, 5.74) is 7.07. The minimum atomic E-state index is -0.606. The van der Waals surface area contributed by atoms with Gasteiger partial charge in [0.15, 0.2) is 0 Å². The molecule has 1 aliphatic rings. The summed E-state index contributed by atoms with van der Waals surface area (Å²) in [6, 6.07) is 7.67. The Hall–Kier alpha value is -1.88. The van der Waals surface area contributed by atoms with E-state index in [1.54, 1.807) is 4.90 Å². The van der Waals surface area contributed by atoms with Crippen molar-refractivity contribution in [3.05, 3.63) is 29.8 Å². The zero-order chi connectivity index (χ0) is 19.9. The first-order chi connectivity index (χ1) is 11.7. The second kappa shape index (κ2) is 6.69. The van der Waals surface area contributed by atoms with E-state index < -0.39 is 22.9 Å². The number of nitrogens with two attached hydrogens (primary N) is 1. The Bertz CT molecular complexity index is 666. The van der Waals surface area contributed by atoms with Crippen LogP contribution in [0, 0.1) is 0 Å². The summed E-state index contributed by atoms with van der Waals surface area (Å²) in [6.45, 7) is 14.3. The van der Waals surface area contributed by atoms with Gasteiger partial charge in [-0.1, -0.05) is 32.9 Å². The van der Waals surface area contributed by atoms with Crippen LogP contribution in [-0.2, 0) is 15.0 Å². The largest absolute Gasteiger partial charge is 0.328 e. The normalized spacial score (nSPS) is 19.9. The van der Waals surface area contributed by atoms with Gasteiger partial charge >= 0.3 is 11.8 Å². The first-order valence-electron chi connectivity index (χ1n) is 9.26. The molecule has 5 heteroatoms. The number of piperidine rings is 1. The van der Waals surface area contributed by atoms with E-state index in [1.165, 1.54) is 5.56 Å². The molecular formula is C21H33N3O2. The quantitative estimate of drug-likeness (QED) is 0.754.